The molecule has 0 unspecified atom stereocenters. The highest BCUT2D eigenvalue weighted by atomic mass is 32.2. The highest BCUT2D eigenvalue weighted by Crippen LogP contribution is 2.35. The number of ketones is 1. The first-order chi connectivity index (χ1) is 11.5. The predicted octanol–water partition coefficient (Wildman–Crippen LogP) is 3.96. The van der Waals surface area contributed by atoms with E-state index in [-0.39, 0.29) is 11.3 Å². The number of rotatable bonds is 5. The zero-order valence-corrected chi connectivity index (χ0v) is 16.1. The molecule has 0 aliphatic carbocycles. The number of amidine groups is 1. The second-order valence-corrected chi connectivity index (χ2v) is 9.13. The van der Waals surface area contributed by atoms with E-state index in [9.17, 15) is 4.79 Å². The summed E-state index contributed by atoms with van der Waals surface area (Å²) < 4.78 is 1.15. The van der Waals surface area contributed by atoms with Gasteiger partial charge in [0.2, 0.25) is 0 Å². The third-order valence-corrected chi connectivity index (χ3v) is 7.04. The lowest BCUT2D eigenvalue weighted by atomic mass is 9.90. The van der Waals surface area contributed by atoms with Gasteiger partial charge in [-0.25, -0.2) is 0 Å². The van der Waals surface area contributed by atoms with Gasteiger partial charge in [-0.15, -0.1) is 23.1 Å². The summed E-state index contributed by atoms with van der Waals surface area (Å²) in [5.41, 5.74) is 7.49. The number of hydrogen-bond acceptors (Lipinski definition) is 7. The Bertz CT molecular complexity index is 787. The molecule has 3 rings (SSSR count). The second kappa shape index (κ2) is 7.29. The minimum absolute atomic E-state index is 0.131. The number of nitrogens with two attached hydrogens (primary N) is 1. The van der Waals surface area contributed by atoms with E-state index in [0.29, 0.717) is 11.6 Å². The van der Waals surface area contributed by atoms with Gasteiger partial charge in [0, 0.05) is 24.6 Å². The van der Waals surface area contributed by atoms with Gasteiger partial charge in [0.1, 0.15) is 0 Å². The number of pyridine rings is 1. The van der Waals surface area contributed by atoms with Crippen LogP contribution in [0.2, 0.25) is 0 Å². The Morgan fingerprint density at radius 2 is 2.25 bits per heavy atom. The van der Waals surface area contributed by atoms with Crippen LogP contribution in [0.3, 0.4) is 0 Å². The molecule has 4 nitrogen and oxygen atoms in total. The zero-order chi connectivity index (χ0) is 17.2. The fourth-order valence-electron chi connectivity index (χ4n) is 2.63. The average Bonchev–Trinajstić information content (AvgIpc) is 3.04. The largest absolute Gasteiger partial charge is 0.379 e. The van der Waals surface area contributed by atoms with Crippen molar-refractivity contribution in [3.63, 3.8) is 0 Å². The third-order valence-electron chi connectivity index (χ3n) is 4.03. The van der Waals surface area contributed by atoms with Crippen molar-refractivity contribution in [2.75, 3.05) is 12.0 Å². The van der Waals surface area contributed by atoms with E-state index in [1.54, 1.807) is 41.1 Å². The summed E-state index contributed by atoms with van der Waals surface area (Å²) in [7, 11) is 0. The van der Waals surface area contributed by atoms with Crippen LogP contribution in [0.4, 0.5) is 0 Å². The quantitative estimate of drug-likeness (QED) is 0.631. The number of Topliss-reactive ketones (excluding diaryl/α,β-unsaturated/α-hetero) is 1. The van der Waals surface area contributed by atoms with Crippen molar-refractivity contribution in [1.82, 2.24) is 4.98 Å². The van der Waals surface area contributed by atoms with Gasteiger partial charge in [-0.1, -0.05) is 11.8 Å². The van der Waals surface area contributed by atoms with Crippen LogP contribution in [0.25, 0.3) is 0 Å². The lowest BCUT2D eigenvalue weighted by molar-refractivity contribution is 0.0996. The molecule has 0 saturated carbocycles. The van der Waals surface area contributed by atoms with Gasteiger partial charge in [-0.05, 0) is 48.9 Å². The molecule has 0 radical (unpaired) electrons. The topological polar surface area (TPSA) is 68.3 Å². The number of aromatic nitrogens is 1. The van der Waals surface area contributed by atoms with E-state index >= 15 is 0 Å². The molecule has 126 valence electrons. The van der Waals surface area contributed by atoms with Crippen molar-refractivity contribution in [3.8, 4) is 0 Å². The van der Waals surface area contributed by atoms with E-state index in [0.717, 1.165) is 32.4 Å². The van der Waals surface area contributed by atoms with Crippen molar-refractivity contribution in [3.05, 3.63) is 46.6 Å². The van der Waals surface area contributed by atoms with Crippen LogP contribution in [0.1, 0.15) is 34.1 Å². The molecule has 1 aliphatic rings. The van der Waals surface area contributed by atoms with Gasteiger partial charge in [0.05, 0.1) is 14.6 Å². The van der Waals surface area contributed by atoms with Crippen LogP contribution in [-0.4, -0.2) is 27.9 Å². The average molecular weight is 378 g/mol. The van der Waals surface area contributed by atoms with Gasteiger partial charge < -0.3 is 5.73 Å². The van der Waals surface area contributed by atoms with Crippen molar-refractivity contribution >= 4 is 45.8 Å². The molecule has 3 heterocycles. The first kappa shape index (κ1) is 17.5. The van der Waals surface area contributed by atoms with E-state index < -0.39 is 0 Å². The normalized spacial score (nSPS) is 20.7. The first-order valence-corrected chi connectivity index (χ1v) is 10.6. The highest BCUT2D eigenvalue weighted by molar-refractivity contribution is 8.13. The summed E-state index contributed by atoms with van der Waals surface area (Å²) in [6.45, 7) is 2.08. The van der Waals surface area contributed by atoms with Crippen LogP contribution in [0, 0.1) is 0 Å². The Kier molecular flexibility index (Phi) is 5.32. The molecular weight excluding hydrogens is 358 g/mol. The maximum Gasteiger partial charge on any atom is 0.177 e. The van der Waals surface area contributed by atoms with Crippen LogP contribution in [-0.2, 0) is 12.0 Å². The summed E-state index contributed by atoms with van der Waals surface area (Å²) in [6, 6.07) is 5.94. The van der Waals surface area contributed by atoms with Crippen molar-refractivity contribution in [2.24, 2.45) is 10.7 Å². The van der Waals surface area contributed by atoms with E-state index in [4.69, 9.17) is 5.73 Å². The predicted molar refractivity (Wildman–Crippen MR) is 104 cm³/mol. The molecule has 0 saturated heterocycles. The van der Waals surface area contributed by atoms with Crippen molar-refractivity contribution in [1.29, 1.82) is 0 Å². The fourth-order valence-corrected chi connectivity index (χ4v) is 5.08. The molecule has 1 aliphatic heterocycles. The van der Waals surface area contributed by atoms with E-state index in [2.05, 4.69) is 16.9 Å². The Balaban J connectivity index is 1.80. The summed E-state index contributed by atoms with van der Waals surface area (Å²) >= 11 is 4.79. The Labute approximate surface area is 154 Å². The standard InChI is InChI=1S/C17H19N3OS3/c1-17(5-6-23-16(18)20-17)12-7-11(9-19-10-12)8-13(21)14-3-4-15(22-2)24-14/h3-4,7,9-10H,5-6,8H2,1-2H3,(H2,18,20)/t17-/m0/s1. The zero-order valence-electron chi connectivity index (χ0n) is 13.6. The van der Waals surface area contributed by atoms with Crippen molar-refractivity contribution < 1.29 is 4.79 Å². The molecule has 0 bridgehead atoms. The Morgan fingerprint density at radius 1 is 1.42 bits per heavy atom. The molecule has 2 aromatic rings. The molecule has 2 N–H and O–H groups in total. The molecule has 2 aromatic heterocycles. The number of hydrogen-bond donors (Lipinski definition) is 1. The van der Waals surface area contributed by atoms with Crippen LogP contribution >= 0.6 is 34.9 Å². The first-order valence-electron chi connectivity index (χ1n) is 7.60. The number of carbonyl (C=O) groups excluding carboxylic acids is 1. The number of thioether (sulfide) groups is 2. The Morgan fingerprint density at radius 3 is 2.96 bits per heavy atom. The SMILES string of the molecule is CSc1ccc(C(=O)Cc2cncc([C@]3(C)CCSC(N)=N3)c2)s1. The molecule has 1 atom stereocenters. The maximum atomic E-state index is 12.5. The van der Waals surface area contributed by atoms with Gasteiger partial charge in [-0.3, -0.25) is 14.8 Å². The lowest BCUT2D eigenvalue weighted by Crippen LogP contribution is -2.29. The molecule has 0 fully saturated rings. The molecule has 0 amide bonds. The highest BCUT2D eigenvalue weighted by Gasteiger charge is 2.30. The number of nitrogens with zero attached hydrogens (tertiary/aromatic N) is 2. The molecule has 0 aromatic carbocycles. The molecule has 0 spiro atoms. The van der Waals surface area contributed by atoms with Crippen LogP contribution in [0.15, 0.2) is 39.8 Å². The Hall–Kier alpha value is -1.31. The number of aliphatic imine (C=N–C) groups is 1. The summed E-state index contributed by atoms with van der Waals surface area (Å²) in [5, 5.41) is 0.619. The number of thiophene rings is 1. The van der Waals surface area contributed by atoms with Gasteiger partial charge in [-0.2, -0.15) is 0 Å². The molecule has 7 heteroatoms. The number of carbonyl (C=O) groups is 1. The maximum absolute atomic E-state index is 12.5. The van der Waals surface area contributed by atoms with E-state index in [1.165, 1.54) is 0 Å². The smallest absolute Gasteiger partial charge is 0.177 e. The van der Waals surface area contributed by atoms with Gasteiger partial charge >= 0.3 is 0 Å². The van der Waals surface area contributed by atoms with Gasteiger partial charge in [0.15, 0.2) is 11.0 Å². The minimum Gasteiger partial charge on any atom is -0.379 e. The summed E-state index contributed by atoms with van der Waals surface area (Å²) in [6.07, 6.45) is 6.89. The third kappa shape index (κ3) is 3.84. The van der Waals surface area contributed by atoms with E-state index in [1.807, 2.05) is 30.7 Å². The monoisotopic (exact) mass is 377 g/mol. The van der Waals surface area contributed by atoms with Crippen LogP contribution in [0.5, 0.6) is 0 Å². The lowest BCUT2D eigenvalue weighted by Gasteiger charge is -2.29. The molecular formula is C17H19N3OS3. The summed E-state index contributed by atoms with van der Waals surface area (Å²) in [5.74, 6) is 1.08. The minimum atomic E-state index is -0.351. The second-order valence-electron chi connectivity index (χ2n) is 5.83. The van der Waals surface area contributed by atoms with Gasteiger partial charge in [0.25, 0.3) is 0 Å². The molecule has 24 heavy (non-hydrogen) atoms. The fraction of sp³-hybridized carbons (Fsp3) is 0.353. The summed E-state index contributed by atoms with van der Waals surface area (Å²) in [4.78, 5) is 22.2. The van der Waals surface area contributed by atoms with Crippen molar-refractivity contribution in [2.45, 2.75) is 29.5 Å². The van der Waals surface area contributed by atoms with Crippen LogP contribution < -0.4 is 5.73 Å².